The molecule has 0 saturated carbocycles. The third-order valence-corrected chi connectivity index (χ3v) is 7.25. The van der Waals surface area contributed by atoms with Gasteiger partial charge in [0.2, 0.25) is 11.7 Å². The van der Waals surface area contributed by atoms with Crippen LogP contribution < -0.4 is 20.1 Å². The molecule has 1 fully saturated rings. The van der Waals surface area contributed by atoms with Crippen molar-refractivity contribution in [2.24, 2.45) is 0 Å². The standard InChI is InChI=1S/C28H35N5O5/c1-28(2)16-22(35)25-20(31-28)14-19(15-21(25)34)29-9-12-33-10-7-17(8-11-33)27-30-26(32-38-27)18-5-6-23(36-3)24(13-18)37-4/h5-6,13-15,17,29,31,34H,7-12,16H2,1-4H3. The number of hydrogen-bond acceptors (Lipinski definition) is 10. The van der Waals surface area contributed by atoms with Gasteiger partial charge in [0.15, 0.2) is 17.3 Å². The SMILES string of the molecule is COc1ccc(-c2noc(C3CCN(CCNc4cc(O)c5c(c4)NC(C)(C)CC5=O)CC3)n2)cc1OC. The van der Waals surface area contributed by atoms with Crippen molar-refractivity contribution >= 4 is 17.2 Å². The molecule has 0 aliphatic carbocycles. The Labute approximate surface area is 222 Å². The largest absolute Gasteiger partial charge is 0.507 e. The summed E-state index contributed by atoms with van der Waals surface area (Å²) in [4.78, 5) is 19.5. The van der Waals surface area contributed by atoms with Gasteiger partial charge in [-0.15, -0.1) is 0 Å². The molecule has 0 unspecified atom stereocenters. The van der Waals surface area contributed by atoms with Gasteiger partial charge in [-0.2, -0.15) is 4.98 Å². The molecule has 5 rings (SSSR count). The number of piperidine rings is 1. The van der Waals surface area contributed by atoms with Gasteiger partial charge in [-0.1, -0.05) is 5.16 Å². The maximum Gasteiger partial charge on any atom is 0.230 e. The molecule has 3 aromatic rings. The number of hydrogen-bond donors (Lipinski definition) is 3. The number of phenols is 1. The molecular weight excluding hydrogens is 486 g/mol. The lowest BCUT2D eigenvalue weighted by atomic mass is 9.88. The topological polar surface area (TPSA) is 122 Å². The van der Waals surface area contributed by atoms with Crippen LogP contribution in [0.3, 0.4) is 0 Å². The van der Waals surface area contributed by atoms with Crippen LogP contribution in [0.15, 0.2) is 34.9 Å². The van der Waals surface area contributed by atoms with Crippen LogP contribution >= 0.6 is 0 Å². The molecule has 2 aliphatic rings. The number of aromatic hydroxyl groups is 1. The molecule has 1 aromatic heterocycles. The highest BCUT2D eigenvalue weighted by atomic mass is 16.5. The molecule has 3 N–H and O–H groups in total. The molecule has 0 spiro atoms. The summed E-state index contributed by atoms with van der Waals surface area (Å²) < 4.78 is 16.3. The molecule has 0 amide bonds. The Hall–Kier alpha value is -3.79. The number of Topliss-reactive ketones (excluding diaryl/α,β-unsaturated/α-hetero) is 1. The van der Waals surface area contributed by atoms with Crippen molar-refractivity contribution in [3.63, 3.8) is 0 Å². The van der Waals surface area contributed by atoms with E-state index in [0.717, 1.165) is 50.3 Å². The lowest BCUT2D eigenvalue weighted by molar-refractivity contribution is 0.0955. The zero-order chi connectivity index (χ0) is 26.9. The van der Waals surface area contributed by atoms with Crippen molar-refractivity contribution in [1.82, 2.24) is 15.0 Å². The van der Waals surface area contributed by atoms with E-state index in [9.17, 15) is 9.90 Å². The van der Waals surface area contributed by atoms with E-state index in [1.807, 2.05) is 38.1 Å². The van der Waals surface area contributed by atoms with Gasteiger partial charge in [-0.05, 0) is 64.0 Å². The van der Waals surface area contributed by atoms with E-state index >= 15 is 0 Å². The Morgan fingerprint density at radius 1 is 1.16 bits per heavy atom. The molecule has 1 saturated heterocycles. The predicted molar refractivity (Wildman–Crippen MR) is 144 cm³/mol. The number of ether oxygens (including phenoxy) is 2. The minimum absolute atomic E-state index is 0.0193. The maximum absolute atomic E-state index is 12.5. The number of phenolic OH excluding ortho intramolecular Hbond substituents is 1. The van der Waals surface area contributed by atoms with Crippen molar-refractivity contribution in [2.45, 2.75) is 44.6 Å². The van der Waals surface area contributed by atoms with Gasteiger partial charge in [0.05, 0.1) is 25.5 Å². The zero-order valence-electron chi connectivity index (χ0n) is 22.3. The third kappa shape index (κ3) is 5.40. The van der Waals surface area contributed by atoms with Crippen molar-refractivity contribution in [3.8, 4) is 28.6 Å². The number of carbonyl (C=O) groups is 1. The molecule has 38 heavy (non-hydrogen) atoms. The Morgan fingerprint density at radius 2 is 1.92 bits per heavy atom. The quantitative estimate of drug-likeness (QED) is 0.390. The summed E-state index contributed by atoms with van der Waals surface area (Å²) in [6.45, 7) is 7.42. The Balaban J connectivity index is 1.13. The second-order valence-corrected chi connectivity index (χ2v) is 10.6. The molecule has 10 nitrogen and oxygen atoms in total. The van der Waals surface area contributed by atoms with Gasteiger partial charge >= 0.3 is 0 Å². The zero-order valence-corrected chi connectivity index (χ0v) is 22.3. The van der Waals surface area contributed by atoms with E-state index in [0.29, 0.717) is 40.9 Å². The average Bonchev–Trinajstić information content (AvgIpc) is 3.38. The summed E-state index contributed by atoms with van der Waals surface area (Å²) in [5.41, 5.74) is 2.34. The number of likely N-dealkylation sites (tertiary alicyclic amines) is 1. The predicted octanol–water partition coefficient (Wildman–Crippen LogP) is 4.53. The molecule has 202 valence electrons. The number of nitrogens with zero attached hydrogens (tertiary/aromatic N) is 3. The van der Waals surface area contributed by atoms with E-state index in [4.69, 9.17) is 14.0 Å². The molecule has 2 aliphatic heterocycles. The van der Waals surface area contributed by atoms with E-state index in [1.165, 1.54) is 0 Å². The molecule has 3 heterocycles. The minimum atomic E-state index is -0.333. The van der Waals surface area contributed by atoms with E-state index in [2.05, 4.69) is 25.7 Å². The summed E-state index contributed by atoms with van der Waals surface area (Å²) in [5, 5.41) is 21.4. The lowest BCUT2D eigenvalue weighted by Gasteiger charge is -2.33. The van der Waals surface area contributed by atoms with Crippen LogP contribution in [-0.2, 0) is 0 Å². The molecule has 0 bridgehead atoms. The molecular formula is C28H35N5O5. The third-order valence-electron chi connectivity index (χ3n) is 7.25. The second kappa shape index (κ2) is 10.5. The van der Waals surface area contributed by atoms with Gasteiger partial charge in [0.1, 0.15) is 5.75 Å². The van der Waals surface area contributed by atoms with Gasteiger partial charge < -0.3 is 34.6 Å². The normalized spacial score (nSPS) is 17.5. The summed E-state index contributed by atoms with van der Waals surface area (Å²) in [5.74, 6) is 2.70. The van der Waals surface area contributed by atoms with Crippen LogP contribution in [0.4, 0.5) is 11.4 Å². The second-order valence-electron chi connectivity index (χ2n) is 10.6. The van der Waals surface area contributed by atoms with Crippen LogP contribution in [0.25, 0.3) is 11.4 Å². The first-order valence-corrected chi connectivity index (χ1v) is 13.0. The number of ketones is 1. The Bertz CT molecular complexity index is 1310. The summed E-state index contributed by atoms with van der Waals surface area (Å²) >= 11 is 0. The number of benzene rings is 2. The molecule has 0 radical (unpaired) electrons. The molecule has 2 aromatic carbocycles. The highest BCUT2D eigenvalue weighted by molar-refractivity contribution is 6.07. The summed E-state index contributed by atoms with van der Waals surface area (Å²) in [6.07, 6.45) is 2.24. The fourth-order valence-electron chi connectivity index (χ4n) is 5.27. The highest BCUT2D eigenvalue weighted by Crippen LogP contribution is 2.38. The smallest absolute Gasteiger partial charge is 0.230 e. The summed E-state index contributed by atoms with van der Waals surface area (Å²) in [6, 6.07) is 9.11. The van der Waals surface area contributed by atoms with Gasteiger partial charge in [0.25, 0.3) is 0 Å². The van der Waals surface area contributed by atoms with Gasteiger partial charge in [0, 0.05) is 48.3 Å². The van der Waals surface area contributed by atoms with Crippen molar-refractivity contribution in [1.29, 1.82) is 0 Å². The van der Waals surface area contributed by atoms with Crippen molar-refractivity contribution in [3.05, 3.63) is 41.8 Å². The summed E-state index contributed by atoms with van der Waals surface area (Å²) in [7, 11) is 3.20. The van der Waals surface area contributed by atoms with Gasteiger partial charge in [-0.25, -0.2) is 0 Å². The van der Waals surface area contributed by atoms with Crippen LogP contribution in [0, 0.1) is 0 Å². The van der Waals surface area contributed by atoms with E-state index < -0.39 is 0 Å². The number of carbonyl (C=O) groups excluding carboxylic acids is 1. The fourth-order valence-corrected chi connectivity index (χ4v) is 5.27. The van der Waals surface area contributed by atoms with Crippen LogP contribution in [0.2, 0.25) is 0 Å². The van der Waals surface area contributed by atoms with Crippen LogP contribution in [0.1, 0.15) is 55.3 Å². The number of methoxy groups -OCH3 is 2. The highest BCUT2D eigenvalue weighted by Gasteiger charge is 2.32. The monoisotopic (exact) mass is 521 g/mol. The molecule has 0 atom stereocenters. The Morgan fingerprint density at radius 3 is 2.66 bits per heavy atom. The number of anilines is 2. The first-order chi connectivity index (χ1) is 18.3. The lowest BCUT2D eigenvalue weighted by Crippen LogP contribution is -2.38. The molecule has 10 heteroatoms. The van der Waals surface area contributed by atoms with Crippen molar-refractivity contribution < 1.29 is 23.9 Å². The minimum Gasteiger partial charge on any atom is -0.507 e. The van der Waals surface area contributed by atoms with Crippen LogP contribution in [0.5, 0.6) is 17.2 Å². The van der Waals surface area contributed by atoms with Gasteiger partial charge in [-0.3, -0.25) is 4.79 Å². The fraction of sp³-hybridized carbons (Fsp3) is 0.464. The number of nitrogens with one attached hydrogen (secondary N) is 2. The first-order valence-electron chi connectivity index (χ1n) is 13.0. The van der Waals surface area contributed by atoms with E-state index in [-0.39, 0.29) is 23.0 Å². The van der Waals surface area contributed by atoms with E-state index in [1.54, 1.807) is 20.3 Å². The number of rotatable bonds is 8. The number of aromatic nitrogens is 2. The first kappa shape index (κ1) is 25.8. The Kier molecular flexibility index (Phi) is 7.16. The van der Waals surface area contributed by atoms with Crippen molar-refractivity contribution in [2.75, 3.05) is 51.0 Å². The van der Waals surface area contributed by atoms with Crippen LogP contribution in [-0.4, -0.2) is 71.9 Å². The maximum atomic E-state index is 12.5. The number of fused-ring (bicyclic) bond motifs is 1. The average molecular weight is 522 g/mol.